The van der Waals surface area contributed by atoms with Crippen molar-refractivity contribution in [3.8, 4) is 5.75 Å². The summed E-state index contributed by atoms with van der Waals surface area (Å²) in [6, 6.07) is 29.7. The molecular weight excluding hydrogens is 573 g/mol. The van der Waals surface area contributed by atoms with E-state index < -0.39 is 6.04 Å². The molecule has 1 atom stereocenters. The number of aryl methyl sites for hydroxylation is 2. The van der Waals surface area contributed by atoms with Crippen molar-refractivity contribution in [2.75, 3.05) is 10.6 Å². The lowest BCUT2D eigenvalue weighted by Crippen LogP contribution is -2.31. The third-order valence-corrected chi connectivity index (χ3v) is 8.24. The number of carbonyl (C=O) groups excluding carboxylic acids is 1. The molecule has 0 fully saturated rings. The van der Waals surface area contributed by atoms with E-state index in [4.69, 9.17) is 9.84 Å². The molecule has 0 aliphatic carbocycles. The number of benzene rings is 4. The molecule has 1 unspecified atom stereocenters. The zero-order chi connectivity index (χ0) is 30.6. The normalized spacial score (nSPS) is 14.1. The van der Waals surface area contributed by atoms with Crippen molar-refractivity contribution in [1.82, 2.24) is 14.8 Å². The number of anilines is 2. The van der Waals surface area contributed by atoms with Crippen LogP contribution in [0.5, 0.6) is 5.75 Å². The van der Waals surface area contributed by atoms with E-state index in [1.165, 1.54) is 23.4 Å². The van der Waals surface area contributed by atoms with Crippen LogP contribution in [0.25, 0.3) is 0 Å². The van der Waals surface area contributed by atoms with Gasteiger partial charge in [0.05, 0.1) is 5.57 Å². The van der Waals surface area contributed by atoms with E-state index in [-0.39, 0.29) is 11.7 Å². The van der Waals surface area contributed by atoms with Gasteiger partial charge in [0.25, 0.3) is 5.91 Å². The van der Waals surface area contributed by atoms with E-state index in [2.05, 4.69) is 34.7 Å². The lowest BCUT2D eigenvalue weighted by molar-refractivity contribution is -0.113. The van der Waals surface area contributed by atoms with Crippen LogP contribution in [0.15, 0.2) is 113 Å². The van der Waals surface area contributed by atoms with Crippen LogP contribution in [0.4, 0.5) is 16.0 Å². The highest BCUT2D eigenvalue weighted by molar-refractivity contribution is 7.98. The third kappa shape index (κ3) is 6.53. The summed E-state index contributed by atoms with van der Waals surface area (Å²) in [5.41, 5.74) is 6.63. The number of nitrogens with zero attached hydrogens (tertiary/aromatic N) is 3. The minimum Gasteiger partial charge on any atom is -0.489 e. The third-order valence-electron chi connectivity index (χ3n) is 7.35. The first-order chi connectivity index (χ1) is 21.3. The molecule has 0 radical (unpaired) electrons. The topological polar surface area (TPSA) is 81.1 Å². The van der Waals surface area contributed by atoms with Crippen LogP contribution in [0.3, 0.4) is 0 Å². The second-order valence-corrected chi connectivity index (χ2v) is 11.7. The van der Waals surface area contributed by atoms with Crippen molar-refractivity contribution >= 4 is 29.3 Å². The Morgan fingerprint density at radius 2 is 1.70 bits per heavy atom. The first kappa shape index (κ1) is 29.2. The van der Waals surface area contributed by atoms with Gasteiger partial charge in [-0.05, 0) is 73.4 Å². The molecule has 0 saturated carbocycles. The van der Waals surface area contributed by atoms with Crippen LogP contribution < -0.4 is 15.4 Å². The Morgan fingerprint density at radius 1 is 0.955 bits per heavy atom. The lowest BCUT2D eigenvalue weighted by atomic mass is 9.95. The van der Waals surface area contributed by atoms with Gasteiger partial charge < -0.3 is 15.4 Å². The van der Waals surface area contributed by atoms with Crippen LogP contribution in [0.2, 0.25) is 0 Å². The molecule has 222 valence electrons. The fraction of sp³-hybridized carbons (Fsp3) is 0.171. The Balaban J connectivity index is 1.30. The molecule has 44 heavy (non-hydrogen) atoms. The number of nitrogens with one attached hydrogen (secondary N) is 2. The first-order valence-corrected chi connectivity index (χ1v) is 15.3. The van der Waals surface area contributed by atoms with Gasteiger partial charge in [-0.2, -0.15) is 4.98 Å². The van der Waals surface area contributed by atoms with E-state index in [0.717, 1.165) is 22.4 Å². The number of allylic oxidation sites excluding steroid dienone is 1. The number of amides is 1. The first-order valence-electron chi connectivity index (χ1n) is 14.3. The summed E-state index contributed by atoms with van der Waals surface area (Å²) in [4.78, 5) is 18.5. The smallest absolute Gasteiger partial charge is 0.255 e. The molecule has 1 aliphatic rings. The van der Waals surface area contributed by atoms with Crippen molar-refractivity contribution in [2.24, 2.45) is 0 Å². The molecule has 1 aliphatic heterocycles. The molecule has 5 aromatic rings. The van der Waals surface area contributed by atoms with Gasteiger partial charge in [-0.25, -0.2) is 9.07 Å². The highest BCUT2D eigenvalue weighted by atomic mass is 32.2. The predicted octanol–water partition coefficient (Wildman–Crippen LogP) is 7.83. The Bertz CT molecular complexity index is 1850. The van der Waals surface area contributed by atoms with E-state index >= 15 is 0 Å². The van der Waals surface area contributed by atoms with Gasteiger partial charge in [0.15, 0.2) is 0 Å². The largest absolute Gasteiger partial charge is 0.489 e. The van der Waals surface area contributed by atoms with Crippen molar-refractivity contribution in [3.63, 3.8) is 0 Å². The van der Waals surface area contributed by atoms with Crippen molar-refractivity contribution in [2.45, 2.75) is 44.3 Å². The summed E-state index contributed by atoms with van der Waals surface area (Å²) in [7, 11) is 0. The summed E-state index contributed by atoms with van der Waals surface area (Å²) < 4.78 is 22.1. The Kier molecular flexibility index (Phi) is 8.47. The molecular formula is C35H32FN5O2S. The maximum atomic E-state index is 14.3. The van der Waals surface area contributed by atoms with Crippen LogP contribution in [-0.4, -0.2) is 20.7 Å². The summed E-state index contributed by atoms with van der Waals surface area (Å²) in [5.74, 6) is 1.09. The van der Waals surface area contributed by atoms with Gasteiger partial charge in [0.2, 0.25) is 11.1 Å². The van der Waals surface area contributed by atoms with Crippen molar-refractivity contribution in [1.29, 1.82) is 0 Å². The van der Waals surface area contributed by atoms with Gasteiger partial charge in [-0.1, -0.05) is 84.1 Å². The lowest BCUT2D eigenvalue weighted by Gasteiger charge is -2.28. The maximum Gasteiger partial charge on any atom is 0.255 e. The van der Waals surface area contributed by atoms with E-state index in [1.807, 2.05) is 80.6 Å². The van der Waals surface area contributed by atoms with Gasteiger partial charge in [0, 0.05) is 17.1 Å². The average molecular weight is 606 g/mol. The van der Waals surface area contributed by atoms with E-state index in [0.29, 0.717) is 46.0 Å². The fourth-order valence-corrected chi connectivity index (χ4v) is 6.00. The second kappa shape index (κ2) is 12.8. The highest BCUT2D eigenvalue weighted by Gasteiger charge is 2.34. The Labute approximate surface area is 260 Å². The Hall–Kier alpha value is -4.89. The van der Waals surface area contributed by atoms with Crippen molar-refractivity contribution < 1.29 is 13.9 Å². The molecule has 0 saturated heterocycles. The molecule has 6 rings (SSSR count). The number of hydrogen-bond acceptors (Lipinski definition) is 6. The molecule has 0 bridgehead atoms. The molecule has 2 heterocycles. The Morgan fingerprint density at radius 3 is 2.45 bits per heavy atom. The highest BCUT2D eigenvalue weighted by Crippen LogP contribution is 2.37. The number of thioether (sulfide) groups is 1. The van der Waals surface area contributed by atoms with Gasteiger partial charge in [0.1, 0.15) is 24.2 Å². The van der Waals surface area contributed by atoms with Crippen LogP contribution in [0, 0.1) is 19.7 Å². The second-order valence-electron chi connectivity index (χ2n) is 10.8. The number of ether oxygens (including phenoxy) is 1. The quantitative estimate of drug-likeness (QED) is 0.167. The van der Waals surface area contributed by atoms with Gasteiger partial charge in [-0.15, -0.1) is 5.10 Å². The SMILES string of the molecule is CC1=C(C(=O)Nc2cccc(C)c2)C(c2ccc(OCc3cccc(C)c3)cc2)n2nc(SCc3ccccc3F)nc2N1. The molecule has 1 aromatic heterocycles. The number of halogens is 1. The minimum atomic E-state index is -0.558. The monoisotopic (exact) mass is 605 g/mol. The molecule has 9 heteroatoms. The number of hydrogen-bond donors (Lipinski definition) is 2. The van der Waals surface area contributed by atoms with Crippen LogP contribution in [0.1, 0.15) is 40.8 Å². The molecule has 2 N–H and O–H groups in total. The van der Waals surface area contributed by atoms with Gasteiger partial charge in [-0.3, -0.25) is 4.79 Å². The van der Waals surface area contributed by atoms with Crippen LogP contribution in [-0.2, 0) is 17.2 Å². The zero-order valence-electron chi connectivity index (χ0n) is 24.7. The van der Waals surface area contributed by atoms with Crippen LogP contribution >= 0.6 is 11.8 Å². The summed E-state index contributed by atoms with van der Waals surface area (Å²) >= 11 is 1.34. The fourth-order valence-electron chi connectivity index (χ4n) is 5.19. The summed E-state index contributed by atoms with van der Waals surface area (Å²) in [5, 5.41) is 11.6. The maximum absolute atomic E-state index is 14.3. The van der Waals surface area contributed by atoms with Crippen molar-refractivity contribution in [3.05, 3.63) is 142 Å². The summed E-state index contributed by atoms with van der Waals surface area (Å²) in [6.45, 7) is 6.35. The summed E-state index contributed by atoms with van der Waals surface area (Å²) in [6.07, 6.45) is 0. The van der Waals surface area contributed by atoms with Gasteiger partial charge >= 0.3 is 0 Å². The number of rotatable bonds is 9. The molecule has 1 amide bonds. The number of fused-ring (bicyclic) bond motifs is 1. The zero-order valence-corrected chi connectivity index (χ0v) is 25.5. The average Bonchev–Trinajstić information content (AvgIpc) is 3.41. The molecule has 0 spiro atoms. The van der Waals surface area contributed by atoms with E-state index in [9.17, 15) is 9.18 Å². The standard InChI is InChI=1S/C35H32FN5O2S/c1-22-8-6-10-25(18-22)20-43-29-16-14-26(15-17-29)32-31(33(42)38-28-12-7-9-23(2)19-28)24(3)37-34-39-35(40-41(32)34)44-21-27-11-4-5-13-30(27)36/h4-19,32H,20-21H2,1-3H3,(H,38,42)(H,37,39,40). The van der Waals surface area contributed by atoms with E-state index in [1.54, 1.807) is 16.8 Å². The minimum absolute atomic E-state index is 0.243. The predicted molar refractivity (Wildman–Crippen MR) is 172 cm³/mol. The molecule has 7 nitrogen and oxygen atoms in total. The number of carbonyl (C=O) groups is 1. The number of aromatic nitrogens is 3. The molecule has 4 aromatic carbocycles.